The predicted octanol–water partition coefficient (Wildman–Crippen LogP) is 1.74. The van der Waals surface area contributed by atoms with Gasteiger partial charge in [0.2, 0.25) is 5.91 Å². The largest absolute Gasteiger partial charge is 0.480 e. The summed E-state index contributed by atoms with van der Waals surface area (Å²) in [6.45, 7) is 4.13. The van der Waals surface area contributed by atoms with Gasteiger partial charge in [-0.15, -0.1) is 11.8 Å². The summed E-state index contributed by atoms with van der Waals surface area (Å²) in [5.41, 5.74) is 0. The molecule has 1 aromatic rings. The first-order chi connectivity index (χ1) is 8.99. The summed E-state index contributed by atoms with van der Waals surface area (Å²) in [7, 11) is 0. The SMILES string of the molecule is CC(C)CN(CC(=O)O)C(=O)CSc1ccncc1. The minimum absolute atomic E-state index is 0.155. The highest BCUT2D eigenvalue weighted by atomic mass is 32.2. The van der Waals surface area contributed by atoms with Crippen molar-refractivity contribution in [1.82, 2.24) is 9.88 Å². The van der Waals surface area contributed by atoms with Gasteiger partial charge in [-0.05, 0) is 18.1 Å². The van der Waals surface area contributed by atoms with Crippen LogP contribution in [0.1, 0.15) is 13.8 Å². The molecule has 0 aromatic carbocycles. The number of amides is 1. The highest BCUT2D eigenvalue weighted by Crippen LogP contribution is 2.17. The molecule has 6 heteroatoms. The normalized spacial score (nSPS) is 10.5. The summed E-state index contributed by atoms with van der Waals surface area (Å²) in [5, 5.41) is 8.82. The third-order valence-electron chi connectivity index (χ3n) is 2.28. The van der Waals surface area contributed by atoms with Crippen molar-refractivity contribution < 1.29 is 14.7 Å². The van der Waals surface area contributed by atoms with Gasteiger partial charge in [0, 0.05) is 23.8 Å². The molecule has 0 unspecified atom stereocenters. The molecule has 0 aliphatic heterocycles. The number of carbonyl (C=O) groups is 2. The topological polar surface area (TPSA) is 70.5 Å². The quantitative estimate of drug-likeness (QED) is 0.771. The average Bonchev–Trinajstić information content (AvgIpc) is 2.35. The minimum Gasteiger partial charge on any atom is -0.480 e. The van der Waals surface area contributed by atoms with Crippen LogP contribution in [-0.4, -0.2) is 45.7 Å². The molecule has 1 rings (SSSR count). The van der Waals surface area contributed by atoms with Crippen LogP contribution < -0.4 is 0 Å². The van der Waals surface area contributed by atoms with E-state index in [2.05, 4.69) is 4.98 Å². The van der Waals surface area contributed by atoms with Crippen LogP contribution in [-0.2, 0) is 9.59 Å². The summed E-state index contributed by atoms with van der Waals surface area (Å²) in [4.78, 5) is 29.0. The molecule has 0 saturated heterocycles. The molecule has 0 aliphatic rings. The maximum absolute atomic E-state index is 12.0. The van der Waals surface area contributed by atoms with Crippen LogP contribution in [0.4, 0.5) is 0 Å². The van der Waals surface area contributed by atoms with Gasteiger partial charge in [-0.3, -0.25) is 14.6 Å². The van der Waals surface area contributed by atoms with E-state index in [1.807, 2.05) is 26.0 Å². The molecule has 1 aromatic heterocycles. The first kappa shape index (κ1) is 15.5. The molecule has 0 atom stereocenters. The lowest BCUT2D eigenvalue weighted by Gasteiger charge is -2.22. The molecule has 104 valence electrons. The Morgan fingerprint density at radius 2 is 2.00 bits per heavy atom. The number of pyridine rings is 1. The highest BCUT2D eigenvalue weighted by molar-refractivity contribution is 8.00. The molecular weight excluding hydrogens is 264 g/mol. The zero-order valence-corrected chi connectivity index (χ0v) is 11.9. The lowest BCUT2D eigenvalue weighted by molar-refractivity contribution is -0.143. The van der Waals surface area contributed by atoms with Gasteiger partial charge < -0.3 is 10.0 Å². The van der Waals surface area contributed by atoms with Crippen LogP contribution >= 0.6 is 11.8 Å². The molecule has 1 heterocycles. The highest BCUT2D eigenvalue weighted by Gasteiger charge is 2.17. The number of aliphatic carboxylic acids is 1. The van der Waals surface area contributed by atoms with Crippen LogP contribution in [0.25, 0.3) is 0 Å². The second kappa shape index (κ2) is 7.78. The smallest absolute Gasteiger partial charge is 0.323 e. The maximum Gasteiger partial charge on any atom is 0.323 e. The van der Waals surface area contributed by atoms with Crippen LogP contribution in [0.15, 0.2) is 29.4 Å². The summed E-state index contributed by atoms with van der Waals surface area (Å²) >= 11 is 1.39. The van der Waals surface area contributed by atoms with E-state index in [4.69, 9.17) is 5.11 Å². The lowest BCUT2D eigenvalue weighted by Crippen LogP contribution is -2.39. The predicted molar refractivity (Wildman–Crippen MR) is 74.0 cm³/mol. The molecule has 0 saturated carbocycles. The lowest BCUT2D eigenvalue weighted by atomic mass is 10.2. The van der Waals surface area contributed by atoms with E-state index in [0.717, 1.165) is 4.90 Å². The Kier molecular flexibility index (Phi) is 6.35. The fourth-order valence-corrected chi connectivity index (χ4v) is 2.32. The average molecular weight is 282 g/mol. The van der Waals surface area contributed by atoms with Crippen LogP contribution in [0.3, 0.4) is 0 Å². The summed E-state index contributed by atoms with van der Waals surface area (Å²) < 4.78 is 0. The Balaban J connectivity index is 2.54. The number of hydrogen-bond acceptors (Lipinski definition) is 4. The van der Waals surface area contributed by atoms with Crippen molar-refractivity contribution in [3.05, 3.63) is 24.5 Å². The van der Waals surface area contributed by atoms with E-state index in [1.54, 1.807) is 12.4 Å². The number of carboxylic acid groups (broad SMARTS) is 1. The van der Waals surface area contributed by atoms with Gasteiger partial charge in [0.25, 0.3) is 0 Å². The van der Waals surface area contributed by atoms with Crippen molar-refractivity contribution in [2.24, 2.45) is 5.92 Å². The Bertz CT molecular complexity index is 423. The molecule has 0 fully saturated rings. The Morgan fingerprint density at radius 1 is 1.37 bits per heavy atom. The van der Waals surface area contributed by atoms with Crippen molar-refractivity contribution in [2.75, 3.05) is 18.8 Å². The Hall–Kier alpha value is -1.56. The maximum atomic E-state index is 12.0. The van der Waals surface area contributed by atoms with Gasteiger partial charge in [0.15, 0.2) is 0 Å². The fraction of sp³-hybridized carbons (Fsp3) is 0.462. The first-order valence-corrected chi connectivity index (χ1v) is 7.00. The molecule has 0 aliphatic carbocycles. The summed E-state index contributed by atoms with van der Waals surface area (Å²) in [6, 6.07) is 3.64. The zero-order chi connectivity index (χ0) is 14.3. The molecule has 19 heavy (non-hydrogen) atoms. The first-order valence-electron chi connectivity index (χ1n) is 6.01. The van der Waals surface area contributed by atoms with Gasteiger partial charge in [-0.2, -0.15) is 0 Å². The molecule has 0 spiro atoms. The standard InChI is InChI=1S/C13H18N2O3S/c1-10(2)7-15(8-13(17)18)12(16)9-19-11-3-5-14-6-4-11/h3-6,10H,7-9H2,1-2H3,(H,17,18). The van der Waals surface area contributed by atoms with E-state index < -0.39 is 5.97 Å². The van der Waals surface area contributed by atoms with E-state index in [-0.39, 0.29) is 24.1 Å². The molecule has 0 bridgehead atoms. The second-order valence-corrected chi connectivity index (χ2v) is 5.58. The van der Waals surface area contributed by atoms with Crippen molar-refractivity contribution in [1.29, 1.82) is 0 Å². The third-order valence-corrected chi connectivity index (χ3v) is 3.27. The molecule has 1 N–H and O–H groups in total. The van der Waals surface area contributed by atoms with Gasteiger partial charge in [-0.25, -0.2) is 0 Å². The number of thioether (sulfide) groups is 1. The van der Waals surface area contributed by atoms with E-state index >= 15 is 0 Å². The number of aromatic nitrogens is 1. The van der Waals surface area contributed by atoms with Crippen molar-refractivity contribution in [3.63, 3.8) is 0 Å². The van der Waals surface area contributed by atoms with Crippen LogP contribution in [0, 0.1) is 5.92 Å². The number of rotatable bonds is 7. The Morgan fingerprint density at radius 3 is 2.53 bits per heavy atom. The number of nitrogens with zero attached hydrogens (tertiary/aromatic N) is 2. The van der Waals surface area contributed by atoms with Crippen molar-refractivity contribution in [2.45, 2.75) is 18.7 Å². The molecule has 5 nitrogen and oxygen atoms in total. The van der Waals surface area contributed by atoms with Gasteiger partial charge >= 0.3 is 5.97 Å². The fourth-order valence-electron chi connectivity index (χ4n) is 1.53. The van der Waals surface area contributed by atoms with Gasteiger partial charge in [0.1, 0.15) is 6.54 Å². The third kappa shape index (κ3) is 6.24. The van der Waals surface area contributed by atoms with Crippen molar-refractivity contribution in [3.8, 4) is 0 Å². The number of hydrogen-bond donors (Lipinski definition) is 1. The van der Waals surface area contributed by atoms with E-state index in [0.29, 0.717) is 6.54 Å². The van der Waals surface area contributed by atoms with Crippen LogP contribution in [0.5, 0.6) is 0 Å². The van der Waals surface area contributed by atoms with Crippen molar-refractivity contribution >= 4 is 23.6 Å². The monoisotopic (exact) mass is 282 g/mol. The second-order valence-electron chi connectivity index (χ2n) is 4.53. The Labute approximate surface area is 117 Å². The molecule has 0 radical (unpaired) electrons. The van der Waals surface area contributed by atoms with Gasteiger partial charge in [0.05, 0.1) is 5.75 Å². The van der Waals surface area contributed by atoms with E-state index in [1.165, 1.54) is 16.7 Å². The minimum atomic E-state index is -0.983. The van der Waals surface area contributed by atoms with Crippen LogP contribution in [0.2, 0.25) is 0 Å². The number of carboxylic acids is 1. The summed E-state index contributed by atoms with van der Waals surface area (Å²) in [6.07, 6.45) is 3.33. The van der Waals surface area contributed by atoms with Gasteiger partial charge in [-0.1, -0.05) is 13.8 Å². The van der Waals surface area contributed by atoms with E-state index in [9.17, 15) is 9.59 Å². The molecule has 1 amide bonds. The zero-order valence-electron chi connectivity index (χ0n) is 11.1. The number of carbonyl (C=O) groups excluding carboxylic acids is 1. The molecular formula is C13H18N2O3S. The summed E-state index contributed by atoms with van der Waals surface area (Å²) in [5.74, 6) is -0.653.